The van der Waals surface area contributed by atoms with Crippen LogP contribution in [0.25, 0.3) is 0 Å². The largest absolute Gasteiger partial charge is 0.493 e. The van der Waals surface area contributed by atoms with Gasteiger partial charge in [0, 0.05) is 18.1 Å². The van der Waals surface area contributed by atoms with Gasteiger partial charge in [-0.05, 0) is 12.5 Å². The monoisotopic (exact) mass is 320 g/mol. The highest BCUT2D eigenvalue weighted by molar-refractivity contribution is 7.89. The number of nitro benzene ring substituents is 1. The molecule has 0 aliphatic heterocycles. The van der Waals surface area contributed by atoms with Crippen molar-refractivity contribution in [3.8, 4) is 5.75 Å². The number of rotatable bonds is 8. The van der Waals surface area contributed by atoms with Crippen molar-refractivity contribution in [1.29, 1.82) is 0 Å². The molecular formula is C12H17FN2O5S. The van der Waals surface area contributed by atoms with Crippen molar-refractivity contribution in [3.63, 3.8) is 0 Å². The van der Waals surface area contributed by atoms with Crippen LogP contribution in [0, 0.1) is 21.8 Å². The van der Waals surface area contributed by atoms with Gasteiger partial charge < -0.3 is 4.74 Å². The maximum absolute atomic E-state index is 13.4. The minimum atomic E-state index is -3.62. The zero-order valence-electron chi connectivity index (χ0n) is 11.5. The van der Waals surface area contributed by atoms with Crippen LogP contribution in [0.4, 0.5) is 10.1 Å². The fourth-order valence-corrected chi connectivity index (χ4v) is 2.81. The second-order valence-electron chi connectivity index (χ2n) is 4.67. The number of halogens is 1. The molecule has 1 unspecified atom stereocenters. The van der Waals surface area contributed by atoms with Crippen LogP contribution in [0.5, 0.6) is 5.75 Å². The second-order valence-corrected chi connectivity index (χ2v) is 6.32. The van der Waals surface area contributed by atoms with Gasteiger partial charge in [0.25, 0.3) is 0 Å². The Labute approximate surface area is 122 Å². The van der Waals surface area contributed by atoms with E-state index in [1.54, 1.807) is 0 Å². The molecule has 0 saturated carbocycles. The van der Waals surface area contributed by atoms with Crippen LogP contribution in [0.1, 0.15) is 19.8 Å². The lowest BCUT2D eigenvalue weighted by molar-refractivity contribution is -0.387. The first kappa shape index (κ1) is 17.3. The Morgan fingerprint density at radius 3 is 2.62 bits per heavy atom. The maximum atomic E-state index is 13.4. The highest BCUT2D eigenvalue weighted by Gasteiger charge is 2.18. The van der Waals surface area contributed by atoms with Gasteiger partial charge in [0.2, 0.25) is 15.8 Å². The van der Waals surface area contributed by atoms with Crippen LogP contribution in [0.15, 0.2) is 18.2 Å². The first-order valence-electron chi connectivity index (χ1n) is 6.30. The zero-order valence-corrected chi connectivity index (χ0v) is 12.3. The van der Waals surface area contributed by atoms with E-state index in [1.807, 2.05) is 6.92 Å². The van der Waals surface area contributed by atoms with Gasteiger partial charge in [-0.2, -0.15) is 4.39 Å². The van der Waals surface area contributed by atoms with Gasteiger partial charge in [-0.25, -0.2) is 13.6 Å². The number of hydrogen-bond acceptors (Lipinski definition) is 5. The van der Waals surface area contributed by atoms with Crippen molar-refractivity contribution in [2.45, 2.75) is 19.8 Å². The van der Waals surface area contributed by atoms with Gasteiger partial charge in [-0.3, -0.25) is 10.1 Å². The molecule has 1 aromatic carbocycles. The highest BCUT2D eigenvalue weighted by Crippen LogP contribution is 2.23. The van der Waals surface area contributed by atoms with Crippen molar-refractivity contribution in [3.05, 3.63) is 34.1 Å². The molecular weight excluding hydrogens is 303 g/mol. The summed E-state index contributed by atoms with van der Waals surface area (Å²) in [5.74, 6) is -1.44. The fraction of sp³-hybridized carbons (Fsp3) is 0.500. The van der Waals surface area contributed by atoms with E-state index >= 15 is 0 Å². The molecule has 118 valence electrons. The summed E-state index contributed by atoms with van der Waals surface area (Å²) in [4.78, 5) is 9.65. The predicted octanol–water partition coefficient (Wildman–Crippen LogP) is 1.82. The molecule has 0 spiro atoms. The molecule has 0 amide bonds. The summed E-state index contributed by atoms with van der Waals surface area (Å²) in [6, 6.07) is 3.17. The standard InChI is InChI=1S/C12H17FN2O5S/c1-2-3-9(8-21(14,18)19)7-20-10-4-5-12(15(16)17)11(13)6-10/h4-6,9H,2-3,7-8H2,1H3,(H2,14,18,19). The Balaban J connectivity index is 2.72. The molecule has 1 rings (SSSR count). The molecule has 2 N–H and O–H groups in total. The number of benzene rings is 1. The zero-order chi connectivity index (χ0) is 16.0. The molecule has 1 atom stereocenters. The van der Waals surface area contributed by atoms with E-state index in [2.05, 4.69) is 0 Å². The molecule has 0 radical (unpaired) electrons. The van der Waals surface area contributed by atoms with Gasteiger partial charge in [0.1, 0.15) is 5.75 Å². The van der Waals surface area contributed by atoms with Crippen molar-refractivity contribution >= 4 is 15.7 Å². The number of hydrogen-bond donors (Lipinski definition) is 1. The summed E-state index contributed by atoms with van der Waals surface area (Å²) in [7, 11) is -3.62. The highest BCUT2D eigenvalue weighted by atomic mass is 32.2. The molecule has 0 aliphatic carbocycles. The Bertz CT molecular complexity index is 606. The first-order valence-corrected chi connectivity index (χ1v) is 8.01. The maximum Gasteiger partial charge on any atom is 0.305 e. The van der Waals surface area contributed by atoms with Crippen LogP contribution in [-0.4, -0.2) is 25.7 Å². The summed E-state index contributed by atoms with van der Waals surface area (Å²) in [5, 5.41) is 15.5. The SMILES string of the molecule is CCCC(COc1ccc([N+](=O)[O-])c(F)c1)CS(N)(=O)=O. The third kappa shape index (κ3) is 6.05. The molecule has 0 aliphatic rings. The Hall–Kier alpha value is -1.74. The normalized spacial score (nSPS) is 12.9. The fourth-order valence-electron chi connectivity index (χ4n) is 1.89. The Morgan fingerprint density at radius 1 is 1.48 bits per heavy atom. The van der Waals surface area contributed by atoms with E-state index < -0.39 is 26.5 Å². The van der Waals surface area contributed by atoms with Crippen LogP contribution in [-0.2, 0) is 10.0 Å². The lowest BCUT2D eigenvalue weighted by Gasteiger charge is -2.15. The van der Waals surface area contributed by atoms with E-state index in [9.17, 15) is 22.9 Å². The molecule has 21 heavy (non-hydrogen) atoms. The Kier molecular flexibility index (Phi) is 6.03. The number of nitrogens with two attached hydrogens (primary N) is 1. The second kappa shape index (κ2) is 7.32. The number of ether oxygens (including phenoxy) is 1. The number of nitro groups is 1. The summed E-state index contributed by atoms with van der Waals surface area (Å²) >= 11 is 0. The number of primary sulfonamides is 1. The molecule has 0 aromatic heterocycles. The molecule has 0 saturated heterocycles. The van der Waals surface area contributed by atoms with E-state index in [-0.39, 0.29) is 24.0 Å². The van der Waals surface area contributed by atoms with Gasteiger partial charge in [-0.15, -0.1) is 0 Å². The molecule has 0 bridgehead atoms. The average Bonchev–Trinajstić information content (AvgIpc) is 2.34. The van der Waals surface area contributed by atoms with Crippen molar-refractivity contribution < 1.29 is 22.5 Å². The average molecular weight is 320 g/mol. The summed E-state index contributed by atoms with van der Waals surface area (Å²) < 4.78 is 40.9. The van der Waals surface area contributed by atoms with Crippen LogP contribution in [0.3, 0.4) is 0 Å². The summed E-state index contributed by atoms with van der Waals surface area (Å²) in [6.07, 6.45) is 1.34. The lowest BCUT2D eigenvalue weighted by Crippen LogP contribution is -2.27. The summed E-state index contributed by atoms with van der Waals surface area (Å²) in [5.41, 5.74) is -0.642. The van der Waals surface area contributed by atoms with Gasteiger partial charge >= 0.3 is 5.69 Å². The number of nitrogens with zero attached hydrogens (tertiary/aromatic N) is 1. The van der Waals surface area contributed by atoms with E-state index in [0.717, 1.165) is 18.6 Å². The van der Waals surface area contributed by atoms with Gasteiger partial charge in [0.05, 0.1) is 17.3 Å². The topological polar surface area (TPSA) is 113 Å². The van der Waals surface area contributed by atoms with Crippen LogP contribution in [0.2, 0.25) is 0 Å². The van der Waals surface area contributed by atoms with E-state index in [4.69, 9.17) is 9.88 Å². The van der Waals surface area contributed by atoms with Crippen molar-refractivity contribution in [2.24, 2.45) is 11.1 Å². The molecule has 7 nitrogen and oxygen atoms in total. The lowest BCUT2D eigenvalue weighted by atomic mass is 10.1. The van der Waals surface area contributed by atoms with Gasteiger partial charge in [-0.1, -0.05) is 13.3 Å². The number of sulfonamides is 1. The van der Waals surface area contributed by atoms with Crippen LogP contribution < -0.4 is 9.88 Å². The third-order valence-electron chi connectivity index (χ3n) is 2.77. The molecule has 9 heteroatoms. The Morgan fingerprint density at radius 2 is 2.14 bits per heavy atom. The molecule has 0 heterocycles. The molecule has 1 aromatic rings. The first-order chi connectivity index (χ1) is 9.73. The third-order valence-corrected chi connectivity index (χ3v) is 3.70. The van der Waals surface area contributed by atoms with E-state index in [1.165, 1.54) is 6.07 Å². The van der Waals surface area contributed by atoms with Crippen molar-refractivity contribution in [1.82, 2.24) is 0 Å². The van der Waals surface area contributed by atoms with Crippen LogP contribution >= 0.6 is 0 Å². The smallest absolute Gasteiger partial charge is 0.305 e. The van der Waals surface area contributed by atoms with E-state index in [0.29, 0.717) is 6.42 Å². The quantitative estimate of drug-likeness (QED) is 0.580. The predicted molar refractivity (Wildman–Crippen MR) is 74.9 cm³/mol. The molecule has 0 fully saturated rings. The minimum absolute atomic E-state index is 0.0432. The summed E-state index contributed by atoms with van der Waals surface area (Å²) in [6.45, 7) is 1.93. The van der Waals surface area contributed by atoms with Crippen molar-refractivity contribution in [2.75, 3.05) is 12.4 Å². The van der Waals surface area contributed by atoms with Gasteiger partial charge in [0.15, 0.2) is 0 Å². The minimum Gasteiger partial charge on any atom is -0.493 e.